The second-order valence-electron chi connectivity index (χ2n) is 5.29. The minimum atomic E-state index is -0.302. The number of anilines is 1. The number of ether oxygens (including phenoxy) is 1. The Balaban J connectivity index is 2.10. The van der Waals surface area contributed by atoms with Gasteiger partial charge in [-0.2, -0.15) is 0 Å². The van der Waals surface area contributed by atoms with Crippen molar-refractivity contribution in [3.05, 3.63) is 35.9 Å². The molecule has 2 rings (SSSR count). The second-order valence-corrected chi connectivity index (χ2v) is 5.29. The fourth-order valence-corrected chi connectivity index (χ4v) is 2.24. The van der Waals surface area contributed by atoms with Gasteiger partial charge in [-0.1, -0.05) is 12.5 Å². The molecule has 0 aromatic heterocycles. The number of nitrogens with one attached hydrogen (secondary N) is 1. The molecule has 0 spiro atoms. The first-order valence-electron chi connectivity index (χ1n) is 6.74. The summed E-state index contributed by atoms with van der Waals surface area (Å²) in [6.07, 6.45) is 1.07. The van der Waals surface area contributed by atoms with Gasteiger partial charge < -0.3 is 10.1 Å². The van der Waals surface area contributed by atoms with Crippen LogP contribution in [-0.4, -0.2) is 18.3 Å². The number of hydrogen-bond acceptors (Lipinski definition) is 4. The second kappa shape index (κ2) is 5.90. The number of ketones is 1. The predicted molar refractivity (Wildman–Crippen MR) is 78.1 cm³/mol. The summed E-state index contributed by atoms with van der Waals surface area (Å²) in [7, 11) is 0. The van der Waals surface area contributed by atoms with Crippen LogP contribution in [0.2, 0.25) is 0 Å². The van der Waals surface area contributed by atoms with E-state index >= 15 is 0 Å². The first-order valence-corrected chi connectivity index (χ1v) is 6.74. The number of fused-ring (bicyclic) bond motifs is 1. The highest BCUT2D eigenvalue weighted by Gasteiger charge is 2.20. The third kappa shape index (κ3) is 3.26. The summed E-state index contributed by atoms with van der Waals surface area (Å²) in [5.41, 5.74) is 2.34. The zero-order valence-corrected chi connectivity index (χ0v) is 11.9. The molecule has 0 saturated heterocycles. The number of rotatable bonds is 4. The topological polar surface area (TPSA) is 55.4 Å². The third-order valence-corrected chi connectivity index (χ3v) is 3.23. The molecule has 0 amide bonds. The summed E-state index contributed by atoms with van der Waals surface area (Å²) < 4.78 is 5.33. The zero-order valence-electron chi connectivity index (χ0n) is 11.9. The molecule has 0 aliphatic carbocycles. The lowest BCUT2D eigenvalue weighted by atomic mass is 10.0. The molecule has 0 radical (unpaired) electrons. The highest BCUT2D eigenvalue weighted by atomic mass is 16.5. The van der Waals surface area contributed by atoms with Crippen LogP contribution in [0.15, 0.2) is 30.4 Å². The molecule has 1 heterocycles. The molecule has 20 heavy (non-hydrogen) atoms. The van der Waals surface area contributed by atoms with Crippen molar-refractivity contribution in [1.29, 1.82) is 0 Å². The van der Waals surface area contributed by atoms with Crippen LogP contribution in [0.25, 0.3) is 0 Å². The van der Waals surface area contributed by atoms with E-state index in [0.717, 1.165) is 11.3 Å². The molecule has 4 nitrogen and oxygen atoms in total. The van der Waals surface area contributed by atoms with Gasteiger partial charge in [0, 0.05) is 24.2 Å². The van der Waals surface area contributed by atoms with Gasteiger partial charge in [0.15, 0.2) is 5.78 Å². The minimum absolute atomic E-state index is 0.0756. The van der Waals surface area contributed by atoms with Gasteiger partial charge in [-0.25, -0.2) is 0 Å². The average molecular weight is 273 g/mol. The van der Waals surface area contributed by atoms with E-state index in [1.54, 1.807) is 18.2 Å². The third-order valence-electron chi connectivity index (χ3n) is 3.23. The number of benzene rings is 1. The monoisotopic (exact) mass is 273 g/mol. The SMILES string of the molecule is C=C(C)CC(C)C(=O)Oc1ccc2c(c1)C(=O)CCN2. The Kier molecular flexibility index (Phi) is 4.23. The van der Waals surface area contributed by atoms with Crippen molar-refractivity contribution in [3.8, 4) is 5.75 Å². The molecule has 1 unspecified atom stereocenters. The summed E-state index contributed by atoms with van der Waals surface area (Å²) in [6.45, 7) is 8.13. The van der Waals surface area contributed by atoms with Crippen LogP contribution in [0.1, 0.15) is 37.0 Å². The highest BCUT2D eigenvalue weighted by Crippen LogP contribution is 2.27. The molecular formula is C16H19NO3. The predicted octanol–water partition coefficient (Wildman–Crippen LogP) is 3.19. The zero-order chi connectivity index (χ0) is 14.7. The maximum Gasteiger partial charge on any atom is 0.314 e. The van der Waals surface area contributed by atoms with E-state index in [1.807, 2.05) is 13.8 Å². The van der Waals surface area contributed by atoms with E-state index in [0.29, 0.717) is 30.7 Å². The lowest BCUT2D eigenvalue weighted by Gasteiger charge is -2.18. The number of hydrogen-bond donors (Lipinski definition) is 1. The van der Waals surface area contributed by atoms with Crippen LogP contribution in [0, 0.1) is 5.92 Å². The maximum atomic E-state index is 11.9. The molecule has 0 saturated carbocycles. The molecule has 0 bridgehead atoms. The van der Waals surface area contributed by atoms with Crippen molar-refractivity contribution >= 4 is 17.4 Å². The lowest BCUT2D eigenvalue weighted by molar-refractivity contribution is -0.138. The lowest BCUT2D eigenvalue weighted by Crippen LogP contribution is -2.20. The van der Waals surface area contributed by atoms with Crippen LogP contribution in [0.5, 0.6) is 5.75 Å². The molecule has 0 fully saturated rings. The number of allylic oxidation sites excluding steroid dienone is 1. The Labute approximate surface area is 118 Å². The van der Waals surface area contributed by atoms with Gasteiger partial charge >= 0.3 is 5.97 Å². The van der Waals surface area contributed by atoms with E-state index in [4.69, 9.17) is 4.74 Å². The van der Waals surface area contributed by atoms with E-state index < -0.39 is 0 Å². The molecule has 1 aliphatic rings. The summed E-state index contributed by atoms with van der Waals surface area (Å²) in [4.78, 5) is 23.7. The Hall–Kier alpha value is -2.10. The van der Waals surface area contributed by atoms with Crippen LogP contribution in [-0.2, 0) is 4.79 Å². The molecule has 1 aliphatic heterocycles. The average Bonchev–Trinajstić information content (AvgIpc) is 2.39. The van der Waals surface area contributed by atoms with Crippen molar-refractivity contribution in [3.63, 3.8) is 0 Å². The molecule has 106 valence electrons. The Morgan fingerprint density at radius 2 is 2.25 bits per heavy atom. The summed E-state index contributed by atoms with van der Waals surface area (Å²) >= 11 is 0. The van der Waals surface area contributed by atoms with Gasteiger partial charge in [-0.3, -0.25) is 9.59 Å². The smallest absolute Gasteiger partial charge is 0.314 e. The van der Waals surface area contributed by atoms with Gasteiger partial charge in [0.2, 0.25) is 0 Å². The summed E-state index contributed by atoms with van der Waals surface area (Å²) in [5.74, 6) is -0.0486. The number of carbonyl (C=O) groups excluding carboxylic acids is 2. The summed E-state index contributed by atoms with van der Waals surface area (Å²) in [6, 6.07) is 5.11. The van der Waals surface area contributed by atoms with Crippen molar-refractivity contribution in [1.82, 2.24) is 0 Å². The van der Waals surface area contributed by atoms with Crippen molar-refractivity contribution in [2.45, 2.75) is 26.7 Å². The van der Waals surface area contributed by atoms with Crippen LogP contribution < -0.4 is 10.1 Å². The van der Waals surface area contributed by atoms with Gasteiger partial charge in [0.05, 0.1) is 5.92 Å². The largest absolute Gasteiger partial charge is 0.426 e. The van der Waals surface area contributed by atoms with Crippen LogP contribution >= 0.6 is 0 Å². The van der Waals surface area contributed by atoms with Crippen LogP contribution in [0.3, 0.4) is 0 Å². The normalized spacial score (nSPS) is 15.0. The van der Waals surface area contributed by atoms with Gasteiger partial charge in [-0.15, -0.1) is 6.58 Å². The number of esters is 1. The molecule has 1 atom stereocenters. The Bertz CT molecular complexity index is 563. The first kappa shape index (κ1) is 14.3. The standard InChI is InChI=1S/C16H19NO3/c1-10(2)8-11(3)16(19)20-12-4-5-14-13(9-12)15(18)6-7-17-14/h4-5,9,11,17H,1,6-8H2,2-3H3. The van der Waals surface area contributed by atoms with Crippen molar-refractivity contribution in [2.75, 3.05) is 11.9 Å². The quantitative estimate of drug-likeness (QED) is 0.520. The van der Waals surface area contributed by atoms with E-state index in [2.05, 4.69) is 11.9 Å². The number of carbonyl (C=O) groups is 2. The fourth-order valence-electron chi connectivity index (χ4n) is 2.24. The van der Waals surface area contributed by atoms with E-state index in [1.165, 1.54) is 0 Å². The fraction of sp³-hybridized carbons (Fsp3) is 0.375. The molecule has 1 aromatic rings. The van der Waals surface area contributed by atoms with Gasteiger partial charge in [0.1, 0.15) is 5.75 Å². The van der Waals surface area contributed by atoms with E-state index in [9.17, 15) is 9.59 Å². The highest BCUT2D eigenvalue weighted by molar-refractivity contribution is 6.03. The Morgan fingerprint density at radius 3 is 2.95 bits per heavy atom. The van der Waals surface area contributed by atoms with Crippen molar-refractivity contribution < 1.29 is 14.3 Å². The van der Waals surface area contributed by atoms with E-state index in [-0.39, 0.29) is 17.7 Å². The minimum Gasteiger partial charge on any atom is -0.426 e. The molecule has 1 aromatic carbocycles. The molecule has 1 N–H and O–H groups in total. The van der Waals surface area contributed by atoms with Crippen molar-refractivity contribution in [2.24, 2.45) is 5.92 Å². The Morgan fingerprint density at radius 1 is 1.50 bits per heavy atom. The maximum absolute atomic E-state index is 11.9. The van der Waals surface area contributed by atoms with Gasteiger partial charge in [-0.05, 0) is 31.5 Å². The molecular weight excluding hydrogens is 254 g/mol. The van der Waals surface area contributed by atoms with Gasteiger partial charge in [0.25, 0.3) is 0 Å². The number of Topliss-reactive ketones (excluding diaryl/α,β-unsaturated/α-hetero) is 1. The summed E-state index contributed by atoms with van der Waals surface area (Å²) in [5, 5.41) is 3.15. The molecule has 4 heteroatoms. The van der Waals surface area contributed by atoms with Crippen LogP contribution in [0.4, 0.5) is 5.69 Å². The first-order chi connectivity index (χ1) is 9.47.